The van der Waals surface area contributed by atoms with Crippen LogP contribution in [-0.4, -0.2) is 27.8 Å². The Morgan fingerprint density at radius 1 is 1.26 bits per heavy atom. The van der Waals surface area contributed by atoms with Gasteiger partial charge in [0.05, 0.1) is 36.2 Å². The Balaban J connectivity index is 1.41. The largest absolute Gasteiger partial charge is 0.441 e. The van der Waals surface area contributed by atoms with E-state index in [2.05, 4.69) is 21.3 Å². The summed E-state index contributed by atoms with van der Waals surface area (Å²) in [6, 6.07) is 11.8. The van der Waals surface area contributed by atoms with Crippen LogP contribution in [0, 0.1) is 17.8 Å². The van der Waals surface area contributed by atoms with Crippen LogP contribution < -0.4 is 4.90 Å². The number of ether oxygens (including phenoxy) is 1. The van der Waals surface area contributed by atoms with Gasteiger partial charge < -0.3 is 9.30 Å². The smallest absolute Gasteiger partial charge is 0.415 e. The van der Waals surface area contributed by atoms with E-state index in [4.69, 9.17) is 11.3 Å². The normalized spacial score (nSPS) is 25.7. The minimum Gasteiger partial charge on any atom is -0.441 e. The summed E-state index contributed by atoms with van der Waals surface area (Å²) >= 11 is 0. The monoisotopic (exact) mass is 418 g/mol. The first-order valence-corrected chi connectivity index (χ1v) is 10.5. The van der Waals surface area contributed by atoms with Crippen LogP contribution in [0.5, 0.6) is 0 Å². The molecule has 1 amide bonds. The van der Waals surface area contributed by atoms with Crippen LogP contribution in [0.1, 0.15) is 32.6 Å². The molecule has 2 atom stereocenters. The van der Waals surface area contributed by atoms with Crippen LogP contribution in [0.3, 0.4) is 0 Å². The molecule has 0 unspecified atom stereocenters. The molecule has 1 aliphatic heterocycles. The molecule has 6 nitrogen and oxygen atoms in total. The molecule has 2 aromatic carbocycles. The van der Waals surface area contributed by atoms with E-state index >= 15 is 0 Å². The molecule has 31 heavy (non-hydrogen) atoms. The zero-order valence-electron chi connectivity index (χ0n) is 17.3. The summed E-state index contributed by atoms with van der Waals surface area (Å²) in [6.07, 6.45) is 4.72. The lowest BCUT2D eigenvalue weighted by Crippen LogP contribution is -2.45. The first kappa shape index (κ1) is 19.6. The molecule has 1 spiro atoms. The second-order valence-corrected chi connectivity index (χ2v) is 9.09. The van der Waals surface area contributed by atoms with E-state index in [1.165, 1.54) is 11.0 Å². The van der Waals surface area contributed by atoms with Crippen molar-refractivity contribution in [2.45, 2.75) is 44.8 Å². The number of aromatic nitrogens is 2. The highest BCUT2D eigenvalue weighted by atomic mass is 19.1. The van der Waals surface area contributed by atoms with Gasteiger partial charge in [-0.2, -0.15) is 0 Å². The van der Waals surface area contributed by atoms with Crippen molar-refractivity contribution in [1.82, 2.24) is 9.55 Å². The summed E-state index contributed by atoms with van der Waals surface area (Å²) in [7, 11) is 0. The van der Waals surface area contributed by atoms with Gasteiger partial charge in [-0.1, -0.05) is 25.1 Å². The highest BCUT2D eigenvalue weighted by Crippen LogP contribution is 2.48. The van der Waals surface area contributed by atoms with Crippen LogP contribution in [0.25, 0.3) is 15.9 Å². The molecule has 1 aliphatic carbocycles. The van der Waals surface area contributed by atoms with Crippen LogP contribution in [0.4, 0.5) is 20.6 Å². The molecule has 1 saturated carbocycles. The third kappa shape index (κ3) is 3.42. The maximum Gasteiger partial charge on any atom is 0.415 e. The second-order valence-electron chi connectivity index (χ2n) is 9.09. The minimum absolute atomic E-state index is 0.120. The van der Waals surface area contributed by atoms with Crippen molar-refractivity contribution in [1.29, 1.82) is 0 Å². The minimum atomic E-state index is -0.621. The molecule has 1 saturated heterocycles. The Morgan fingerprint density at radius 2 is 2.10 bits per heavy atom. The topological polar surface area (TPSA) is 51.7 Å². The summed E-state index contributed by atoms with van der Waals surface area (Å²) in [6.45, 7) is 10.6. The number of hydrogen-bond acceptors (Lipinski definition) is 3. The number of amides is 1. The Kier molecular flexibility index (Phi) is 4.47. The second kappa shape index (κ2) is 7.09. The fraction of sp³-hybridized carbons (Fsp3) is 0.375. The molecule has 2 fully saturated rings. The number of imidazole rings is 1. The number of nitrogens with zero attached hydrogens (tertiary/aromatic N) is 4. The van der Waals surface area contributed by atoms with Gasteiger partial charge in [0.2, 0.25) is 0 Å². The number of halogens is 1. The Labute approximate surface area is 180 Å². The molecule has 3 aromatic rings. The average molecular weight is 418 g/mol. The lowest BCUT2D eigenvalue weighted by atomic mass is 9.68. The van der Waals surface area contributed by atoms with E-state index in [-0.39, 0.29) is 11.1 Å². The highest BCUT2D eigenvalue weighted by Gasteiger charge is 2.52. The van der Waals surface area contributed by atoms with Crippen molar-refractivity contribution in [2.75, 3.05) is 11.4 Å². The van der Waals surface area contributed by atoms with E-state index in [1.54, 1.807) is 24.3 Å². The van der Waals surface area contributed by atoms with Gasteiger partial charge in [-0.25, -0.2) is 19.0 Å². The molecular weight excluding hydrogens is 395 g/mol. The van der Waals surface area contributed by atoms with Crippen molar-refractivity contribution in [3.63, 3.8) is 0 Å². The van der Waals surface area contributed by atoms with Gasteiger partial charge in [-0.05, 0) is 55.4 Å². The quantitative estimate of drug-likeness (QED) is 0.513. The van der Waals surface area contributed by atoms with Crippen LogP contribution in [-0.2, 0) is 11.3 Å². The van der Waals surface area contributed by atoms with Gasteiger partial charge in [-0.3, -0.25) is 4.90 Å². The summed E-state index contributed by atoms with van der Waals surface area (Å²) < 4.78 is 22.3. The Hall–Kier alpha value is -3.40. The van der Waals surface area contributed by atoms with Gasteiger partial charge in [-0.15, -0.1) is 0 Å². The van der Waals surface area contributed by atoms with E-state index < -0.39 is 17.5 Å². The lowest BCUT2D eigenvalue weighted by molar-refractivity contribution is -0.0264. The Morgan fingerprint density at radius 3 is 2.90 bits per heavy atom. The average Bonchev–Trinajstić information content (AvgIpc) is 3.27. The van der Waals surface area contributed by atoms with Gasteiger partial charge in [0.1, 0.15) is 11.4 Å². The standard InChI is InChI=1S/C24H23FN4O2/c1-23(14-28-16-27-19-9-8-17(26-2)12-21(19)28)10-5-11-24(13-23)15-29(22(30)31-24)20-7-4-3-6-18(20)25/h3-4,6-9,12,16H,5,10-11,13-15H2,1H3/t23-,24-/m0/s1. The summed E-state index contributed by atoms with van der Waals surface area (Å²) in [5, 5.41) is 0. The van der Waals surface area contributed by atoms with Crippen molar-refractivity contribution in [3.05, 3.63) is 66.0 Å². The molecule has 7 heteroatoms. The van der Waals surface area contributed by atoms with Gasteiger partial charge in [0.15, 0.2) is 5.69 Å². The zero-order valence-corrected chi connectivity index (χ0v) is 17.3. The number of benzene rings is 2. The van der Waals surface area contributed by atoms with Gasteiger partial charge >= 0.3 is 6.09 Å². The zero-order chi connectivity index (χ0) is 21.6. The van der Waals surface area contributed by atoms with E-state index in [0.717, 1.165) is 30.3 Å². The van der Waals surface area contributed by atoms with E-state index in [1.807, 2.05) is 18.5 Å². The third-order valence-corrected chi connectivity index (χ3v) is 6.56. The molecule has 158 valence electrons. The molecule has 1 aromatic heterocycles. The fourth-order valence-electron chi connectivity index (χ4n) is 5.28. The van der Waals surface area contributed by atoms with Gasteiger partial charge in [0, 0.05) is 6.54 Å². The maximum atomic E-state index is 14.3. The van der Waals surface area contributed by atoms with E-state index in [0.29, 0.717) is 25.2 Å². The van der Waals surface area contributed by atoms with Crippen molar-refractivity contribution in [3.8, 4) is 0 Å². The predicted octanol–water partition coefficient (Wildman–Crippen LogP) is 5.70. The number of anilines is 1. The molecule has 2 heterocycles. The van der Waals surface area contributed by atoms with Crippen LogP contribution in [0.15, 0.2) is 48.8 Å². The SMILES string of the molecule is [C-]#[N+]c1ccc2ncn(C[C@@]3(C)CCC[C@@]4(CN(c5ccccc5F)C(=O)O4)C3)c2c1. The molecule has 0 bridgehead atoms. The maximum absolute atomic E-state index is 14.3. The summed E-state index contributed by atoms with van der Waals surface area (Å²) in [4.78, 5) is 22.1. The molecule has 0 radical (unpaired) electrons. The predicted molar refractivity (Wildman–Crippen MR) is 116 cm³/mol. The Bertz CT molecular complexity index is 1220. The molecule has 0 N–H and O–H groups in total. The highest BCUT2D eigenvalue weighted by molar-refractivity contribution is 5.90. The lowest BCUT2D eigenvalue weighted by Gasteiger charge is -2.43. The number of fused-ring (bicyclic) bond motifs is 1. The summed E-state index contributed by atoms with van der Waals surface area (Å²) in [5.41, 5.74) is 1.91. The van der Waals surface area contributed by atoms with Crippen LogP contribution >= 0.6 is 0 Å². The first-order chi connectivity index (χ1) is 14.9. The fourth-order valence-corrected chi connectivity index (χ4v) is 5.28. The number of carbonyl (C=O) groups is 1. The number of rotatable bonds is 3. The molecule has 5 rings (SSSR count). The molecular formula is C24H23FN4O2. The number of para-hydroxylation sites is 1. The van der Waals surface area contributed by atoms with Crippen molar-refractivity contribution >= 4 is 28.5 Å². The number of carbonyl (C=O) groups excluding carboxylic acids is 1. The van der Waals surface area contributed by atoms with Crippen LogP contribution in [0.2, 0.25) is 0 Å². The van der Waals surface area contributed by atoms with Crippen molar-refractivity contribution < 1.29 is 13.9 Å². The number of hydrogen-bond donors (Lipinski definition) is 0. The summed E-state index contributed by atoms with van der Waals surface area (Å²) in [5.74, 6) is -0.421. The third-order valence-electron chi connectivity index (χ3n) is 6.56. The van der Waals surface area contributed by atoms with Gasteiger partial charge in [0.25, 0.3) is 0 Å². The van der Waals surface area contributed by atoms with Crippen molar-refractivity contribution in [2.24, 2.45) is 5.41 Å². The van der Waals surface area contributed by atoms with E-state index in [9.17, 15) is 9.18 Å². The first-order valence-electron chi connectivity index (χ1n) is 10.5. The molecule has 2 aliphatic rings.